The second-order valence-corrected chi connectivity index (χ2v) is 66.3. The summed E-state index contributed by atoms with van der Waals surface area (Å²) in [5, 5.41) is 15.6. The number of benzene rings is 1. The molecule has 3 fully saturated rings. The Morgan fingerprint density at radius 3 is 1.44 bits per heavy atom. The predicted octanol–water partition coefficient (Wildman–Crippen LogP) is 12.0. The van der Waals surface area contributed by atoms with Gasteiger partial charge < -0.3 is 62.2 Å². The van der Waals surface area contributed by atoms with Gasteiger partial charge in [-0.2, -0.15) is 5.10 Å². The van der Waals surface area contributed by atoms with Crippen LogP contribution in [0.2, 0.25) is 109 Å². The van der Waals surface area contributed by atoms with Gasteiger partial charge in [0.2, 0.25) is 37.9 Å². The van der Waals surface area contributed by atoms with E-state index < -0.39 is 164 Å². The normalized spacial score (nSPS) is 26.3. The summed E-state index contributed by atoms with van der Waals surface area (Å²) in [6.45, 7) is 69.5. The SMILES string of the molecule is CC(O[Si](C)(C)C(C)(C)C)[C@@H]1NC(=O)[C@H]([C@@H](Cc2ccc(O[Si](C)(C)C(C)(C)C)cc2)O[Si](C)(C)C(C)(C)C)NC(=O)[C@@H]2C[C@@H](O[Si](C)(C)C(C)(C)C)CN2C(=O)[C@H](C(C)O[Si](C)(C)C(C)(C)C)NC(=O)C(NB2CO2)C/C=N/NC(=O)[C@@H]2[C@@H](O[Si](C)(C)C(C)(C)C)[C@@H](C)CN2C1=O. The molecule has 0 radical (unpaired) electrons. The van der Waals surface area contributed by atoms with E-state index in [9.17, 15) is 0 Å². The molecule has 0 spiro atoms. The first-order valence-electron chi connectivity index (χ1n) is 35.9. The molecule has 0 bridgehead atoms. The number of hydrogen-bond acceptors (Lipinski definition) is 15. The van der Waals surface area contributed by atoms with E-state index in [1.54, 1.807) is 13.8 Å². The van der Waals surface area contributed by atoms with Crippen LogP contribution in [0.4, 0.5) is 0 Å². The van der Waals surface area contributed by atoms with Crippen molar-refractivity contribution >= 4 is 98.6 Å². The van der Waals surface area contributed by atoms with E-state index in [0.717, 1.165) is 5.56 Å². The maximum absolute atomic E-state index is 16.7. The van der Waals surface area contributed by atoms with E-state index in [1.165, 1.54) is 16.0 Å². The number of fused-ring (bicyclic) bond motifs is 2. The van der Waals surface area contributed by atoms with Crippen molar-refractivity contribution in [2.75, 3.05) is 19.6 Å². The minimum absolute atomic E-state index is 0.0228. The highest BCUT2D eigenvalue weighted by atomic mass is 28.4. The molecule has 98 heavy (non-hydrogen) atoms. The van der Waals surface area contributed by atoms with Gasteiger partial charge in [-0.05, 0) is 147 Å². The molecule has 6 amide bonds. The third-order valence-corrected chi connectivity index (χ3v) is 50.6. The van der Waals surface area contributed by atoms with Crippen LogP contribution in [0.1, 0.15) is 164 Å². The summed E-state index contributed by atoms with van der Waals surface area (Å²) in [6.07, 6.45) is -2.96. The highest BCUT2D eigenvalue weighted by Gasteiger charge is 2.56. The lowest BCUT2D eigenvalue weighted by atomic mass is 9.93. The summed E-state index contributed by atoms with van der Waals surface area (Å²) in [5.74, 6) is -3.47. The van der Waals surface area contributed by atoms with Crippen LogP contribution < -0.4 is 31.0 Å². The molecular weight excluding hydrogens is 1340 g/mol. The van der Waals surface area contributed by atoms with Gasteiger partial charge in [-0.25, -0.2) is 5.43 Å². The Balaban J connectivity index is 1.89. The minimum atomic E-state index is -2.94. The first-order valence-corrected chi connectivity index (χ1v) is 53.4. The van der Waals surface area contributed by atoms with Gasteiger partial charge in [0, 0.05) is 38.1 Å². The number of hydrazone groups is 1. The zero-order valence-electron chi connectivity index (χ0n) is 66.8. The van der Waals surface area contributed by atoms with Gasteiger partial charge in [0.15, 0.2) is 41.6 Å². The van der Waals surface area contributed by atoms with Crippen LogP contribution in [0.5, 0.6) is 5.75 Å². The number of nitrogens with one attached hydrogen (secondary N) is 5. The summed E-state index contributed by atoms with van der Waals surface area (Å²) in [5.41, 5.74) is 3.53. The maximum Gasteiger partial charge on any atom is 0.405 e. The number of amides is 6. The third-order valence-electron chi connectivity index (χ3n) is 23.6. The molecule has 558 valence electrons. The highest BCUT2D eigenvalue weighted by Crippen LogP contribution is 2.45. The number of rotatable bonds is 19. The Morgan fingerprint density at radius 2 is 0.980 bits per heavy atom. The van der Waals surface area contributed by atoms with Crippen molar-refractivity contribution < 1.29 is 60.0 Å². The molecule has 0 aliphatic carbocycles. The van der Waals surface area contributed by atoms with Crippen molar-refractivity contribution in [1.82, 2.24) is 36.4 Å². The average Bonchev–Trinajstić information content (AvgIpc) is 1.58. The molecule has 3 saturated heterocycles. The molecule has 0 aromatic heterocycles. The smallest absolute Gasteiger partial charge is 0.405 e. The van der Waals surface area contributed by atoms with Crippen LogP contribution in [0, 0.1) is 5.92 Å². The van der Waals surface area contributed by atoms with Crippen molar-refractivity contribution in [3.05, 3.63) is 29.8 Å². The number of carbonyl (C=O) groups is 6. The monoisotopic (exact) mass is 1470 g/mol. The molecule has 21 nitrogen and oxygen atoms in total. The number of carbonyl (C=O) groups excluding carboxylic acids is 6. The molecule has 4 aliphatic heterocycles. The van der Waals surface area contributed by atoms with Crippen LogP contribution in [-0.2, 0) is 62.0 Å². The lowest BCUT2D eigenvalue weighted by Gasteiger charge is -2.43. The summed E-state index contributed by atoms with van der Waals surface area (Å²) in [4.78, 5) is 99.2. The Morgan fingerprint density at radius 1 is 0.551 bits per heavy atom. The number of hydrogen-bond donors (Lipinski definition) is 5. The minimum Gasteiger partial charge on any atom is -0.544 e. The van der Waals surface area contributed by atoms with E-state index in [4.69, 9.17) is 31.2 Å². The molecule has 4 heterocycles. The molecule has 28 heteroatoms. The van der Waals surface area contributed by atoms with Crippen molar-refractivity contribution in [2.45, 2.75) is 340 Å². The predicted molar refractivity (Wildman–Crippen MR) is 410 cm³/mol. The van der Waals surface area contributed by atoms with Crippen LogP contribution in [0.15, 0.2) is 29.4 Å². The Bertz CT molecular complexity index is 3000. The van der Waals surface area contributed by atoms with Crippen molar-refractivity contribution in [2.24, 2.45) is 11.0 Å². The molecule has 1 aromatic rings. The Labute approximate surface area is 598 Å². The largest absolute Gasteiger partial charge is 0.544 e. The maximum atomic E-state index is 16.7. The second-order valence-electron chi connectivity index (χ2n) is 37.8. The first-order chi connectivity index (χ1) is 44.1. The van der Waals surface area contributed by atoms with Gasteiger partial charge in [0.1, 0.15) is 36.0 Å². The zero-order chi connectivity index (χ0) is 75.2. The Kier molecular flexibility index (Phi) is 26.7. The van der Waals surface area contributed by atoms with E-state index >= 15 is 28.8 Å². The van der Waals surface area contributed by atoms with Crippen LogP contribution in [0.3, 0.4) is 0 Å². The number of nitrogens with zero attached hydrogens (tertiary/aromatic N) is 3. The van der Waals surface area contributed by atoms with Gasteiger partial charge in [-0.15, -0.1) is 0 Å². The van der Waals surface area contributed by atoms with Crippen LogP contribution in [-0.4, -0.2) is 195 Å². The molecule has 4 aliphatic rings. The van der Waals surface area contributed by atoms with E-state index in [2.05, 4.69) is 235 Å². The second kappa shape index (κ2) is 30.7. The van der Waals surface area contributed by atoms with E-state index in [-0.39, 0.29) is 63.5 Å². The molecular formula is C70H133BN8O13Si6. The summed E-state index contributed by atoms with van der Waals surface area (Å²) >= 11 is 0. The van der Waals surface area contributed by atoms with Crippen molar-refractivity contribution in [3.8, 4) is 5.75 Å². The van der Waals surface area contributed by atoms with E-state index in [0.29, 0.717) is 12.3 Å². The van der Waals surface area contributed by atoms with Crippen molar-refractivity contribution in [1.29, 1.82) is 0 Å². The molecule has 5 rings (SSSR count). The fourth-order valence-corrected chi connectivity index (χ4v) is 18.9. The highest BCUT2D eigenvalue weighted by molar-refractivity contribution is 6.76. The van der Waals surface area contributed by atoms with Crippen molar-refractivity contribution in [3.63, 3.8) is 0 Å². The fourth-order valence-electron chi connectivity index (χ4n) is 10.9. The lowest BCUT2D eigenvalue weighted by molar-refractivity contribution is -0.146. The topological polar surface area (TPSA) is 249 Å². The molecule has 3 unspecified atom stereocenters. The lowest BCUT2D eigenvalue weighted by Crippen LogP contribution is -2.66. The fraction of sp³-hybridized carbons (Fsp3) is 0.814. The molecule has 12 atom stereocenters. The standard InChI is InChI=1S/C70H133BN8O13Si6/c1-45-42-79-57(58(45)92-98(32,33)70(19,20)21)62(83)77-72-39-38-51(76-71-44-86-71)59(80)73-54(46(2)87-93(22,23)65(4,5)6)63(84)78-43-50(90-96(28,29)68(13,14)15)41-52(78)60(81)75-56(61(82)74-55(64(79)85)47(3)88-94(24,25)66(7,8)9)53(91-97(30,31)69(16,17)18)40-48-34-36-49(37-35-48)89-95(26,27)67(10,11)12/h34-37,39,45-47,50-58,76H,38,40-44H2,1-33H3,(H,73,80)(H,74,82)(H,75,81)(H,77,83)/b72-39+/t45-,46?,47?,50+,51?,52-,53+,54-,55-,56-,57-,58-/m0/s1. The van der Waals surface area contributed by atoms with Gasteiger partial charge in [0.05, 0.1) is 43.1 Å². The quantitative estimate of drug-likeness (QED) is 0.0639. The molecule has 1 aromatic carbocycles. The molecule has 5 N–H and O–H groups in total. The van der Waals surface area contributed by atoms with E-state index in [1.807, 2.05) is 31.2 Å². The van der Waals surface area contributed by atoms with Gasteiger partial charge in [0.25, 0.3) is 5.91 Å². The summed E-state index contributed by atoms with van der Waals surface area (Å²) in [7, 11) is -16.5. The van der Waals surface area contributed by atoms with Gasteiger partial charge in [-0.1, -0.05) is 144 Å². The van der Waals surface area contributed by atoms with Crippen LogP contribution >= 0.6 is 0 Å². The van der Waals surface area contributed by atoms with Gasteiger partial charge in [-0.3, -0.25) is 28.8 Å². The zero-order valence-corrected chi connectivity index (χ0v) is 72.8. The third kappa shape index (κ3) is 20.9. The average molecular weight is 1470 g/mol. The Hall–Kier alpha value is -3.40. The first kappa shape index (κ1) is 85.2. The van der Waals surface area contributed by atoms with Crippen LogP contribution in [0.25, 0.3) is 0 Å². The molecule has 0 saturated carbocycles. The summed E-state index contributed by atoms with van der Waals surface area (Å²) in [6, 6.07) is -0.111. The van der Waals surface area contributed by atoms with Gasteiger partial charge >= 0.3 is 7.05 Å². The summed E-state index contributed by atoms with van der Waals surface area (Å²) < 4.78 is 48.5.